The third kappa shape index (κ3) is 3.48. The lowest BCUT2D eigenvalue weighted by molar-refractivity contribution is -0.384. The Morgan fingerprint density at radius 2 is 1.95 bits per heavy atom. The minimum atomic E-state index is -0.526. The van der Waals surface area contributed by atoms with Crippen LogP contribution in [0, 0.1) is 15.9 Å². The molecular formula is C13H10FN3O3S. The van der Waals surface area contributed by atoms with E-state index < -0.39 is 10.7 Å². The number of nitrogens with zero attached hydrogens (tertiary/aromatic N) is 2. The summed E-state index contributed by atoms with van der Waals surface area (Å²) in [5.74, 6) is -0.705. The molecule has 0 aliphatic carbocycles. The monoisotopic (exact) mass is 307 g/mol. The molecule has 0 unspecified atom stereocenters. The van der Waals surface area contributed by atoms with E-state index in [2.05, 4.69) is 5.16 Å². The lowest BCUT2D eigenvalue weighted by atomic mass is 10.2. The molecule has 0 fully saturated rings. The number of benzene rings is 2. The average Bonchev–Trinajstić information content (AvgIpc) is 2.49. The van der Waals surface area contributed by atoms with Gasteiger partial charge >= 0.3 is 0 Å². The molecule has 21 heavy (non-hydrogen) atoms. The van der Waals surface area contributed by atoms with Gasteiger partial charge in [0.15, 0.2) is 5.84 Å². The Bertz CT molecular complexity index is 704. The second-order valence-electron chi connectivity index (χ2n) is 3.98. The zero-order valence-corrected chi connectivity index (χ0v) is 11.4. The van der Waals surface area contributed by atoms with E-state index in [0.29, 0.717) is 9.79 Å². The Morgan fingerprint density at radius 1 is 1.29 bits per heavy atom. The van der Waals surface area contributed by atoms with E-state index in [-0.39, 0.29) is 17.1 Å². The summed E-state index contributed by atoms with van der Waals surface area (Å²) in [6.07, 6.45) is 0. The second kappa shape index (κ2) is 6.23. The predicted octanol–water partition coefficient (Wildman–Crippen LogP) is 2.98. The van der Waals surface area contributed by atoms with E-state index in [1.165, 1.54) is 24.3 Å². The summed E-state index contributed by atoms with van der Waals surface area (Å²) in [4.78, 5) is 11.0. The molecule has 8 heteroatoms. The Kier molecular flexibility index (Phi) is 4.39. The molecule has 0 bridgehead atoms. The van der Waals surface area contributed by atoms with Gasteiger partial charge in [-0.1, -0.05) is 16.9 Å². The van der Waals surface area contributed by atoms with E-state index in [0.717, 1.165) is 17.8 Å². The smallest absolute Gasteiger partial charge is 0.269 e. The van der Waals surface area contributed by atoms with E-state index in [4.69, 9.17) is 10.9 Å². The maximum absolute atomic E-state index is 13.9. The van der Waals surface area contributed by atoms with Crippen LogP contribution in [0.15, 0.2) is 57.4 Å². The van der Waals surface area contributed by atoms with Gasteiger partial charge in [0.05, 0.1) is 4.92 Å². The van der Waals surface area contributed by atoms with Crippen LogP contribution in [0.5, 0.6) is 0 Å². The van der Waals surface area contributed by atoms with Crippen molar-refractivity contribution in [3.63, 3.8) is 0 Å². The van der Waals surface area contributed by atoms with Gasteiger partial charge in [-0.25, -0.2) is 4.39 Å². The third-order valence-electron chi connectivity index (χ3n) is 2.61. The SMILES string of the molecule is N/C(=N\O)c1ccc(Sc2ccc([N+](=O)[O-])cc2)c(F)c1. The molecule has 2 rings (SSSR count). The van der Waals surface area contributed by atoms with E-state index in [1.807, 2.05) is 0 Å². The molecule has 2 aromatic rings. The van der Waals surface area contributed by atoms with Crippen LogP contribution in [0.25, 0.3) is 0 Å². The molecule has 108 valence electrons. The number of nitro groups is 1. The maximum atomic E-state index is 13.9. The van der Waals surface area contributed by atoms with Crippen LogP contribution in [-0.2, 0) is 0 Å². The van der Waals surface area contributed by atoms with E-state index in [9.17, 15) is 14.5 Å². The van der Waals surface area contributed by atoms with Gasteiger partial charge in [0, 0.05) is 27.5 Å². The van der Waals surface area contributed by atoms with E-state index >= 15 is 0 Å². The molecule has 0 aliphatic heterocycles. The highest BCUT2D eigenvalue weighted by Gasteiger charge is 2.09. The average molecular weight is 307 g/mol. The molecule has 0 radical (unpaired) electrons. The summed E-state index contributed by atoms with van der Waals surface area (Å²) in [6, 6.07) is 9.96. The maximum Gasteiger partial charge on any atom is 0.269 e. The quantitative estimate of drug-likeness (QED) is 0.297. The van der Waals surface area contributed by atoms with Gasteiger partial charge in [0.25, 0.3) is 5.69 Å². The van der Waals surface area contributed by atoms with Crippen LogP contribution in [0.3, 0.4) is 0 Å². The van der Waals surface area contributed by atoms with Crippen molar-refractivity contribution in [2.24, 2.45) is 10.9 Å². The molecule has 2 aromatic carbocycles. The number of halogens is 1. The van der Waals surface area contributed by atoms with Crippen LogP contribution in [-0.4, -0.2) is 16.0 Å². The number of nitro benzene ring substituents is 1. The highest BCUT2D eigenvalue weighted by molar-refractivity contribution is 7.99. The van der Waals surface area contributed by atoms with Crippen molar-refractivity contribution in [3.05, 3.63) is 64.0 Å². The Labute approximate surface area is 123 Å². The fourth-order valence-corrected chi connectivity index (χ4v) is 2.38. The largest absolute Gasteiger partial charge is 0.409 e. The van der Waals surface area contributed by atoms with Gasteiger partial charge in [-0.15, -0.1) is 0 Å². The zero-order chi connectivity index (χ0) is 15.4. The van der Waals surface area contributed by atoms with Crippen LogP contribution >= 0.6 is 11.8 Å². The lowest BCUT2D eigenvalue weighted by Gasteiger charge is -2.05. The van der Waals surface area contributed by atoms with Crippen molar-refractivity contribution in [2.75, 3.05) is 0 Å². The number of hydrogen-bond acceptors (Lipinski definition) is 5. The molecule has 6 nitrogen and oxygen atoms in total. The summed E-state index contributed by atoms with van der Waals surface area (Å²) in [6.45, 7) is 0. The first kappa shape index (κ1) is 14.8. The van der Waals surface area contributed by atoms with Crippen molar-refractivity contribution < 1.29 is 14.5 Å². The van der Waals surface area contributed by atoms with Crippen molar-refractivity contribution >= 4 is 23.3 Å². The standard InChI is InChI=1S/C13H10FN3O3S/c14-11-7-8(13(15)16-18)1-6-12(11)21-10-4-2-9(3-5-10)17(19)20/h1-7,18H,(H2,15,16). The predicted molar refractivity (Wildman–Crippen MR) is 76.1 cm³/mol. The minimum Gasteiger partial charge on any atom is -0.409 e. The summed E-state index contributed by atoms with van der Waals surface area (Å²) >= 11 is 1.12. The minimum absolute atomic E-state index is 0.0258. The second-order valence-corrected chi connectivity index (χ2v) is 5.10. The van der Waals surface area contributed by atoms with Crippen molar-refractivity contribution in [1.29, 1.82) is 0 Å². The molecule has 0 spiro atoms. The van der Waals surface area contributed by atoms with Gasteiger partial charge in [0.2, 0.25) is 0 Å². The molecule has 0 amide bonds. The van der Waals surface area contributed by atoms with Crippen LogP contribution < -0.4 is 5.73 Å². The van der Waals surface area contributed by atoms with Gasteiger partial charge in [-0.2, -0.15) is 0 Å². The Balaban J connectivity index is 2.21. The molecule has 3 N–H and O–H groups in total. The van der Waals surface area contributed by atoms with Crippen LogP contribution in [0.1, 0.15) is 5.56 Å². The number of non-ortho nitro benzene ring substituents is 1. The number of oxime groups is 1. The van der Waals surface area contributed by atoms with Gasteiger partial charge in [-0.05, 0) is 30.3 Å². The number of nitrogens with two attached hydrogens (primary N) is 1. The first-order valence-corrected chi connectivity index (χ1v) is 6.52. The fraction of sp³-hybridized carbons (Fsp3) is 0. The molecular weight excluding hydrogens is 297 g/mol. The Hall–Kier alpha value is -2.61. The normalized spacial score (nSPS) is 11.4. The van der Waals surface area contributed by atoms with Crippen molar-refractivity contribution in [2.45, 2.75) is 9.79 Å². The summed E-state index contributed by atoms with van der Waals surface area (Å²) in [7, 11) is 0. The highest BCUT2D eigenvalue weighted by Crippen LogP contribution is 2.31. The number of rotatable bonds is 4. The molecule has 0 saturated heterocycles. The summed E-state index contributed by atoms with van der Waals surface area (Å²) in [5, 5.41) is 21.9. The van der Waals surface area contributed by atoms with E-state index in [1.54, 1.807) is 12.1 Å². The number of hydrogen-bond donors (Lipinski definition) is 2. The zero-order valence-electron chi connectivity index (χ0n) is 10.6. The third-order valence-corrected chi connectivity index (χ3v) is 3.67. The fourth-order valence-electron chi connectivity index (χ4n) is 1.56. The molecule has 0 aromatic heterocycles. The van der Waals surface area contributed by atoms with Crippen molar-refractivity contribution in [3.8, 4) is 0 Å². The first-order valence-electron chi connectivity index (χ1n) is 5.71. The highest BCUT2D eigenvalue weighted by atomic mass is 32.2. The van der Waals surface area contributed by atoms with Gasteiger partial charge in [0.1, 0.15) is 5.82 Å². The van der Waals surface area contributed by atoms with Crippen LogP contribution in [0.2, 0.25) is 0 Å². The Morgan fingerprint density at radius 3 is 2.48 bits per heavy atom. The molecule has 0 saturated carbocycles. The number of amidine groups is 1. The molecule has 0 atom stereocenters. The lowest BCUT2D eigenvalue weighted by Crippen LogP contribution is -2.13. The molecule has 0 heterocycles. The van der Waals surface area contributed by atoms with Gasteiger partial charge < -0.3 is 10.9 Å². The van der Waals surface area contributed by atoms with Crippen molar-refractivity contribution in [1.82, 2.24) is 0 Å². The first-order chi connectivity index (χ1) is 10.0. The topological polar surface area (TPSA) is 102 Å². The van der Waals surface area contributed by atoms with Crippen LogP contribution in [0.4, 0.5) is 10.1 Å². The summed E-state index contributed by atoms with van der Waals surface area (Å²) in [5.41, 5.74) is 5.61. The summed E-state index contributed by atoms with van der Waals surface area (Å²) < 4.78 is 13.9. The van der Waals surface area contributed by atoms with Gasteiger partial charge in [-0.3, -0.25) is 10.1 Å². The molecule has 0 aliphatic rings.